The van der Waals surface area contributed by atoms with E-state index in [0.29, 0.717) is 0 Å². The first kappa shape index (κ1) is 10.9. The predicted octanol–water partition coefficient (Wildman–Crippen LogP) is 3.44. The molecule has 0 aromatic carbocycles. The molecule has 14 heavy (non-hydrogen) atoms. The van der Waals surface area contributed by atoms with Gasteiger partial charge in [-0.2, -0.15) is 0 Å². The lowest BCUT2D eigenvalue weighted by Crippen LogP contribution is -1.72. The topological polar surface area (TPSA) is 38.9 Å². The first-order valence-corrected chi connectivity index (χ1v) is 5.49. The van der Waals surface area contributed by atoms with Crippen molar-refractivity contribution in [2.75, 3.05) is 0 Å². The summed E-state index contributed by atoms with van der Waals surface area (Å²) in [7, 11) is 0. The Bertz CT molecular complexity index is 354. The van der Waals surface area contributed by atoms with Gasteiger partial charge in [0, 0.05) is 11.4 Å². The lowest BCUT2D eigenvalue weighted by Gasteiger charge is -1.82. The minimum Gasteiger partial charge on any atom is -0.354 e. The van der Waals surface area contributed by atoms with Crippen LogP contribution in [0.25, 0.3) is 11.5 Å². The summed E-state index contributed by atoms with van der Waals surface area (Å²) in [6, 6.07) is 1.88. The molecule has 0 amide bonds. The maximum Gasteiger partial charge on any atom is 0.186 e. The van der Waals surface area contributed by atoms with Gasteiger partial charge in [0.25, 0.3) is 0 Å². The van der Waals surface area contributed by atoms with Crippen molar-refractivity contribution in [1.29, 1.82) is 0 Å². The van der Waals surface area contributed by atoms with Crippen molar-refractivity contribution in [3.8, 4) is 11.5 Å². The largest absolute Gasteiger partial charge is 0.354 e. The molecule has 2 rings (SSSR count). The smallest absolute Gasteiger partial charge is 0.186 e. The molecule has 0 aliphatic carbocycles. The van der Waals surface area contributed by atoms with E-state index in [1.807, 2.05) is 39.1 Å². The Labute approximate surface area is 87.8 Å². The van der Waals surface area contributed by atoms with Gasteiger partial charge in [-0.1, -0.05) is 19.0 Å². The van der Waals surface area contributed by atoms with Crippen LogP contribution in [0, 0.1) is 13.8 Å². The van der Waals surface area contributed by atoms with Gasteiger partial charge in [-0.25, -0.2) is 4.98 Å². The quantitative estimate of drug-likeness (QED) is 0.723. The van der Waals surface area contributed by atoms with Crippen LogP contribution in [0.5, 0.6) is 0 Å². The van der Waals surface area contributed by atoms with Gasteiger partial charge in [0.2, 0.25) is 0 Å². The van der Waals surface area contributed by atoms with Crippen LogP contribution < -0.4 is 0 Å². The van der Waals surface area contributed by atoms with Crippen LogP contribution in [-0.4, -0.2) is 10.1 Å². The average Bonchev–Trinajstić information content (AvgIpc) is 2.78. The van der Waals surface area contributed by atoms with Crippen LogP contribution in [0.2, 0.25) is 0 Å². The molecular weight excluding hydrogens is 196 g/mol. The molecule has 2 aromatic heterocycles. The van der Waals surface area contributed by atoms with Gasteiger partial charge in [0.05, 0.1) is 10.7 Å². The van der Waals surface area contributed by atoms with Crippen LogP contribution in [0.1, 0.15) is 24.5 Å². The fourth-order valence-corrected chi connectivity index (χ4v) is 1.56. The van der Waals surface area contributed by atoms with Crippen molar-refractivity contribution in [1.82, 2.24) is 10.1 Å². The molecule has 0 radical (unpaired) electrons. The lowest BCUT2D eigenvalue weighted by atomic mass is 10.3. The molecule has 2 aromatic rings. The summed E-state index contributed by atoms with van der Waals surface area (Å²) in [6.07, 6.45) is 0. The Morgan fingerprint density at radius 2 is 2.00 bits per heavy atom. The lowest BCUT2D eigenvalue weighted by molar-refractivity contribution is 0.426. The molecule has 0 saturated heterocycles. The Hall–Kier alpha value is -1.16. The predicted molar refractivity (Wildman–Crippen MR) is 58.4 cm³/mol. The fraction of sp³-hybridized carbons (Fsp3) is 0.400. The van der Waals surface area contributed by atoms with Crippen molar-refractivity contribution in [2.45, 2.75) is 27.7 Å². The van der Waals surface area contributed by atoms with Crippen molar-refractivity contribution < 1.29 is 4.52 Å². The molecule has 4 heteroatoms. The van der Waals surface area contributed by atoms with E-state index in [1.54, 1.807) is 11.3 Å². The number of nitrogens with zero attached hydrogens (tertiary/aromatic N) is 2. The zero-order valence-corrected chi connectivity index (χ0v) is 9.68. The van der Waals surface area contributed by atoms with Crippen LogP contribution in [0.4, 0.5) is 0 Å². The Balaban J connectivity index is 0.000000461. The van der Waals surface area contributed by atoms with Crippen molar-refractivity contribution in [3.63, 3.8) is 0 Å². The Morgan fingerprint density at radius 3 is 2.43 bits per heavy atom. The second-order valence-electron chi connectivity index (χ2n) is 2.58. The molecule has 0 aliphatic heterocycles. The number of hydrogen-bond donors (Lipinski definition) is 0. The molecule has 2 heterocycles. The minimum absolute atomic E-state index is 0.747. The normalized spacial score (nSPS) is 9.43. The fourth-order valence-electron chi connectivity index (χ4n) is 0.961. The highest BCUT2D eigenvalue weighted by Crippen LogP contribution is 2.21. The zero-order chi connectivity index (χ0) is 10.6. The van der Waals surface area contributed by atoms with Gasteiger partial charge >= 0.3 is 0 Å². The van der Waals surface area contributed by atoms with Gasteiger partial charge in [-0.3, -0.25) is 0 Å². The van der Waals surface area contributed by atoms with Crippen molar-refractivity contribution in [2.24, 2.45) is 0 Å². The van der Waals surface area contributed by atoms with Gasteiger partial charge in [0.15, 0.2) is 5.76 Å². The molecule has 0 aliphatic rings. The highest BCUT2D eigenvalue weighted by molar-refractivity contribution is 7.09. The highest BCUT2D eigenvalue weighted by atomic mass is 32.1. The third kappa shape index (κ3) is 2.42. The third-order valence-corrected chi connectivity index (χ3v) is 2.27. The second-order valence-corrected chi connectivity index (χ2v) is 3.65. The van der Waals surface area contributed by atoms with E-state index in [2.05, 4.69) is 10.1 Å². The van der Waals surface area contributed by atoms with Crippen LogP contribution >= 0.6 is 11.3 Å². The molecule has 0 unspecified atom stereocenters. The summed E-state index contributed by atoms with van der Waals surface area (Å²) in [5.41, 5.74) is 1.76. The Morgan fingerprint density at radius 1 is 1.29 bits per heavy atom. The zero-order valence-electron chi connectivity index (χ0n) is 8.87. The molecule has 3 nitrogen and oxygen atoms in total. The van der Waals surface area contributed by atoms with E-state index >= 15 is 0 Å². The molecule has 0 fully saturated rings. The maximum atomic E-state index is 5.06. The average molecular weight is 210 g/mol. The van der Waals surface area contributed by atoms with Gasteiger partial charge in [-0.15, -0.1) is 11.3 Å². The maximum absolute atomic E-state index is 5.06. The van der Waals surface area contributed by atoms with Crippen LogP contribution in [-0.2, 0) is 0 Å². The van der Waals surface area contributed by atoms with E-state index in [9.17, 15) is 0 Å². The molecule has 0 atom stereocenters. The monoisotopic (exact) mass is 210 g/mol. The third-order valence-electron chi connectivity index (χ3n) is 1.50. The van der Waals surface area contributed by atoms with Gasteiger partial charge in [0.1, 0.15) is 5.69 Å². The SMILES string of the molecule is CC.Cc1cc(-c2csc(C)n2)on1. The summed E-state index contributed by atoms with van der Waals surface area (Å²) in [6.45, 7) is 7.86. The highest BCUT2D eigenvalue weighted by Gasteiger charge is 2.06. The van der Waals surface area contributed by atoms with Crippen molar-refractivity contribution in [3.05, 3.63) is 22.1 Å². The number of rotatable bonds is 1. The molecule has 0 N–H and O–H groups in total. The summed E-state index contributed by atoms with van der Waals surface area (Å²) >= 11 is 1.61. The standard InChI is InChI=1S/C8H8N2OS.C2H6/c1-5-3-8(11-10-5)7-4-12-6(2)9-7;1-2/h3-4H,1-2H3;1-2H3. The van der Waals surface area contributed by atoms with E-state index in [4.69, 9.17) is 4.52 Å². The first-order chi connectivity index (χ1) is 6.75. The van der Waals surface area contributed by atoms with E-state index in [1.165, 1.54) is 0 Å². The van der Waals surface area contributed by atoms with Gasteiger partial charge in [-0.05, 0) is 13.8 Å². The summed E-state index contributed by atoms with van der Waals surface area (Å²) in [4.78, 5) is 4.28. The number of aromatic nitrogens is 2. The number of hydrogen-bond acceptors (Lipinski definition) is 4. The summed E-state index contributed by atoms with van der Waals surface area (Å²) in [5.74, 6) is 0.747. The summed E-state index contributed by atoms with van der Waals surface area (Å²) < 4.78 is 5.06. The Kier molecular flexibility index (Phi) is 3.83. The van der Waals surface area contributed by atoms with Crippen LogP contribution in [0.15, 0.2) is 16.0 Å². The summed E-state index contributed by atoms with van der Waals surface area (Å²) in [5, 5.41) is 6.80. The number of thiazole rings is 1. The molecule has 0 bridgehead atoms. The second kappa shape index (κ2) is 4.91. The first-order valence-electron chi connectivity index (χ1n) is 4.61. The van der Waals surface area contributed by atoms with Crippen molar-refractivity contribution >= 4 is 11.3 Å². The molecule has 76 valence electrons. The van der Waals surface area contributed by atoms with E-state index < -0.39 is 0 Å². The molecule has 0 saturated carbocycles. The minimum atomic E-state index is 0.747. The van der Waals surface area contributed by atoms with Crippen LogP contribution in [0.3, 0.4) is 0 Å². The number of aryl methyl sites for hydroxylation is 2. The van der Waals surface area contributed by atoms with Gasteiger partial charge < -0.3 is 4.52 Å². The molecule has 0 spiro atoms. The van der Waals surface area contributed by atoms with E-state index in [-0.39, 0.29) is 0 Å². The van der Waals surface area contributed by atoms with E-state index in [0.717, 1.165) is 22.2 Å². The molecular formula is C10H14N2OS.